The molecule has 1 aromatic carbocycles. The van der Waals surface area contributed by atoms with E-state index < -0.39 is 0 Å². The molecule has 1 heterocycles. The zero-order valence-corrected chi connectivity index (χ0v) is 9.52. The van der Waals surface area contributed by atoms with Crippen LogP contribution in [0, 0.1) is 5.92 Å². The van der Waals surface area contributed by atoms with Gasteiger partial charge in [0.2, 0.25) is 0 Å². The van der Waals surface area contributed by atoms with Crippen molar-refractivity contribution in [2.75, 3.05) is 18.5 Å². The molecule has 0 bridgehead atoms. The molecule has 3 heteroatoms. The summed E-state index contributed by atoms with van der Waals surface area (Å²) >= 11 is 0. The number of hydrogen-bond acceptors (Lipinski definition) is 3. The van der Waals surface area contributed by atoms with E-state index in [1.165, 1.54) is 19.3 Å². The van der Waals surface area contributed by atoms with Crippen molar-refractivity contribution in [1.29, 1.82) is 0 Å². The van der Waals surface area contributed by atoms with Gasteiger partial charge in [0.05, 0.1) is 0 Å². The van der Waals surface area contributed by atoms with Crippen molar-refractivity contribution in [3.8, 4) is 0 Å². The van der Waals surface area contributed by atoms with E-state index in [0.29, 0.717) is 0 Å². The molecule has 3 nitrogen and oxygen atoms in total. The average molecular weight is 216 g/mol. The third-order valence-corrected chi connectivity index (χ3v) is 3.18. The predicted molar refractivity (Wildman–Crippen MR) is 64.6 cm³/mol. The molecule has 1 aliphatic carbocycles. The Morgan fingerprint density at radius 1 is 1.38 bits per heavy atom. The second-order valence-electron chi connectivity index (χ2n) is 4.62. The van der Waals surface area contributed by atoms with Gasteiger partial charge in [-0.2, -0.15) is 4.98 Å². The van der Waals surface area contributed by atoms with E-state index >= 15 is 0 Å². The summed E-state index contributed by atoms with van der Waals surface area (Å²) in [7, 11) is 2.05. The van der Waals surface area contributed by atoms with Crippen molar-refractivity contribution >= 4 is 17.1 Å². The van der Waals surface area contributed by atoms with Gasteiger partial charge >= 0.3 is 0 Å². The molecular weight excluding hydrogens is 200 g/mol. The summed E-state index contributed by atoms with van der Waals surface area (Å²) in [5, 5.41) is 0. The van der Waals surface area contributed by atoms with E-state index in [-0.39, 0.29) is 0 Å². The Hall–Kier alpha value is -1.51. The first-order valence-electron chi connectivity index (χ1n) is 5.89. The van der Waals surface area contributed by atoms with Crippen LogP contribution in [0.4, 0.5) is 6.01 Å². The van der Waals surface area contributed by atoms with Crippen molar-refractivity contribution in [3.05, 3.63) is 24.3 Å². The lowest BCUT2D eigenvalue weighted by Crippen LogP contribution is -2.19. The Balaban J connectivity index is 1.76. The van der Waals surface area contributed by atoms with Gasteiger partial charge in [0.25, 0.3) is 6.01 Å². The van der Waals surface area contributed by atoms with Crippen LogP contribution in [-0.4, -0.2) is 18.6 Å². The Morgan fingerprint density at radius 2 is 2.19 bits per heavy atom. The number of rotatable bonds is 4. The van der Waals surface area contributed by atoms with Crippen LogP contribution < -0.4 is 4.90 Å². The SMILES string of the molecule is CN(CCC1CC1)c1nc2ccccc2o1. The second kappa shape index (κ2) is 3.81. The molecule has 3 rings (SSSR count). The molecule has 84 valence electrons. The maximum Gasteiger partial charge on any atom is 0.298 e. The van der Waals surface area contributed by atoms with Gasteiger partial charge in [0.1, 0.15) is 5.52 Å². The maximum absolute atomic E-state index is 5.70. The highest BCUT2D eigenvalue weighted by atomic mass is 16.4. The zero-order valence-electron chi connectivity index (χ0n) is 9.52. The van der Waals surface area contributed by atoms with E-state index in [2.05, 4.69) is 9.88 Å². The molecule has 1 fully saturated rings. The monoisotopic (exact) mass is 216 g/mol. The minimum Gasteiger partial charge on any atom is -0.423 e. The standard InChI is InChI=1S/C13H16N2O/c1-15(9-8-10-6-7-10)13-14-11-4-2-3-5-12(11)16-13/h2-5,10H,6-9H2,1H3. The van der Waals surface area contributed by atoms with Crippen LogP contribution in [0.1, 0.15) is 19.3 Å². The summed E-state index contributed by atoms with van der Waals surface area (Å²) in [4.78, 5) is 6.58. The summed E-state index contributed by atoms with van der Waals surface area (Å²) in [6.07, 6.45) is 4.07. The highest BCUT2D eigenvalue weighted by Crippen LogP contribution is 2.32. The maximum atomic E-state index is 5.70. The second-order valence-corrected chi connectivity index (χ2v) is 4.62. The lowest BCUT2D eigenvalue weighted by atomic mass is 10.3. The van der Waals surface area contributed by atoms with E-state index in [4.69, 9.17) is 4.42 Å². The number of fused-ring (bicyclic) bond motifs is 1. The fourth-order valence-electron chi connectivity index (χ4n) is 1.90. The fourth-order valence-corrected chi connectivity index (χ4v) is 1.90. The molecule has 0 aliphatic heterocycles. The predicted octanol–water partition coefficient (Wildman–Crippen LogP) is 3.06. The van der Waals surface area contributed by atoms with Crippen LogP contribution in [0.25, 0.3) is 11.1 Å². The van der Waals surface area contributed by atoms with Crippen molar-refractivity contribution in [2.45, 2.75) is 19.3 Å². The third kappa shape index (κ3) is 1.90. The topological polar surface area (TPSA) is 29.3 Å². The van der Waals surface area contributed by atoms with E-state index in [1.807, 2.05) is 31.3 Å². The molecule has 0 saturated heterocycles. The summed E-state index contributed by atoms with van der Waals surface area (Å²) in [6, 6.07) is 8.64. The molecule has 2 aromatic rings. The molecule has 0 radical (unpaired) electrons. The van der Waals surface area contributed by atoms with E-state index in [1.54, 1.807) is 0 Å². The molecule has 16 heavy (non-hydrogen) atoms. The number of oxazole rings is 1. The van der Waals surface area contributed by atoms with Gasteiger partial charge in [-0.3, -0.25) is 0 Å². The van der Waals surface area contributed by atoms with E-state index in [0.717, 1.165) is 29.6 Å². The van der Waals surface area contributed by atoms with Crippen LogP contribution in [0.3, 0.4) is 0 Å². The minimum absolute atomic E-state index is 0.738. The van der Waals surface area contributed by atoms with Gasteiger partial charge in [-0.25, -0.2) is 0 Å². The quantitative estimate of drug-likeness (QED) is 0.786. The van der Waals surface area contributed by atoms with Crippen molar-refractivity contribution in [3.63, 3.8) is 0 Å². The fraction of sp³-hybridized carbons (Fsp3) is 0.462. The van der Waals surface area contributed by atoms with Gasteiger partial charge in [-0.15, -0.1) is 0 Å². The first-order chi connectivity index (χ1) is 7.83. The molecule has 0 atom stereocenters. The van der Waals surface area contributed by atoms with Gasteiger partial charge in [0.15, 0.2) is 5.58 Å². The Bertz CT molecular complexity index is 454. The smallest absolute Gasteiger partial charge is 0.298 e. The lowest BCUT2D eigenvalue weighted by molar-refractivity contribution is 0.571. The summed E-state index contributed by atoms with van der Waals surface area (Å²) < 4.78 is 5.70. The van der Waals surface area contributed by atoms with Crippen molar-refractivity contribution in [1.82, 2.24) is 4.98 Å². The zero-order chi connectivity index (χ0) is 11.0. The van der Waals surface area contributed by atoms with Crippen LogP contribution in [0.5, 0.6) is 0 Å². The lowest BCUT2D eigenvalue weighted by Gasteiger charge is -2.13. The Morgan fingerprint density at radius 3 is 2.94 bits per heavy atom. The Labute approximate surface area is 95.1 Å². The number of nitrogens with zero attached hydrogens (tertiary/aromatic N) is 2. The number of para-hydroxylation sites is 2. The molecule has 1 aliphatic rings. The summed E-state index contributed by atoms with van der Waals surface area (Å²) in [5.41, 5.74) is 1.81. The normalized spacial score (nSPS) is 15.6. The molecule has 1 aromatic heterocycles. The summed E-state index contributed by atoms with van der Waals surface area (Å²) in [5.74, 6) is 0.951. The number of hydrogen-bond donors (Lipinski definition) is 0. The molecule has 0 spiro atoms. The number of anilines is 1. The van der Waals surface area contributed by atoms with Gasteiger partial charge in [-0.05, 0) is 24.5 Å². The van der Waals surface area contributed by atoms with Crippen molar-refractivity contribution in [2.24, 2.45) is 5.92 Å². The largest absolute Gasteiger partial charge is 0.423 e. The minimum atomic E-state index is 0.738. The molecule has 0 N–H and O–H groups in total. The van der Waals surface area contributed by atoms with Crippen LogP contribution in [0.2, 0.25) is 0 Å². The van der Waals surface area contributed by atoms with Crippen LogP contribution in [-0.2, 0) is 0 Å². The van der Waals surface area contributed by atoms with Gasteiger partial charge in [-0.1, -0.05) is 25.0 Å². The van der Waals surface area contributed by atoms with Gasteiger partial charge in [0, 0.05) is 13.6 Å². The highest BCUT2D eigenvalue weighted by Gasteiger charge is 2.22. The molecule has 1 saturated carbocycles. The van der Waals surface area contributed by atoms with Crippen molar-refractivity contribution < 1.29 is 4.42 Å². The van der Waals surface area contributed by atoms with Crippen LogP contribution in [0.15, 0.2) is 28.7 Å². The first-order valence-corrected chi connectivity index (χ1v) is 5.89. The third-order valence-electron chi connectivity index (χ3n) is 3.18. The van der Waals surface area contributed by atoms with Gasteiger partial charge < -0.3 is 9.32 Å². The molecular formula is C13H16N2O. The average Bonchev–Trinajstić information content (AvgIpc) is 3.02. The Kier molecular flexibility index (Phi) is 2.31. The first kappa shape index (κ1) is 9.70. The molecule has 0 amide bonds. The summed E-state index contributed by atoms with van der Waals surface area (Å²) in [6.45, 7) is 1.04. The van der Waals surface area contributed by atoms with Crippen LogP contribution >= 0.6 is 0 Å². The van der Waals surface area contributed by atoms with E-state index in [9.17, 15) is 0 Å². The molecule has 0 unspecified atom stereocenters. The number of aromatic nitrogens is 1. The highest BCUT2D eigenvalue weighted by molar-refractivity contribution is 5.74. The number of benzene rings is 1.